The van der Waals surface area contributed by atoms with Crippen LogP contribution in [0, 0.1) is 0 Å². The molecule has 148 valence electrons. The molecular weight excluding hydrogens is 382 g/mol. The van der Waals surface area contributed by atoms with Crippen molar-refractivity contribution in [1.29, 1.82) is 0 Å². The summed E-state index contributed by atoms with van der Waals surface area (Å²) in [6.45, 7) is 3.82. The molecule has 0 aliphatic carbocycles. The van der Waals surface area contributed by atoms with E-state index in [0.717, 1.165) is 48.0 Å². The Labute approximate surface area is 174 Å². The van der Waals surface area contributed by atoms with Crippen molar-refractivity contribution in [2.24, 2.45) is 0 Å². The maximum atomic E-state index is 11.7. The standard InChI is InChI=1S/C23H23N3O2S/c1-15(17-2-3-18-13-23(27)29-21(18)12-17)20-6-9-26(25-20)22-5-4-19(14-24-22)16-7-10-28-11-8-16/h2-6,9,12,14-16H,7-8,10-11,13H2,1H3. The highest BCUT2D eigenvalue weighted by Crippen LogP contribution is 2.36. The average molecular weight is 406 g/mol. The van der Waals surface area contributed by atoms with Crippen molar-refractivity contribution in [1.82, 2.24) is 14.8 Å². The Morgan fingerprint density at radius 2 is 2.03 bits per heavy atom. The van der Waals surface area contributed by atoms with Crippen molar-refractivity contribution >= 4 is 16.9 Å². The van der Waals surface area contributed by atoms with E-state index in [2.05, 4.69) is 36.2 Å². The fourth-order valence-corrected chi connectivity index (χ4v) is 5.01. The Morgan fingerprint density at radius 1 is 1.17 bits per heavy atom. The van der Waals surface area contributed by atoms with Gasteiger partial charge in [-0.3, -0.25) is 4.79 Å². The molecule has 0 bridgehead atoms. The van der Waals surface area contributed by atoms with E-state index in [9.17, 15) is 4.79 Å². The van der Waals surface area contributed by atoms with Gasteiger partial charge in [0.15, 0.2) is 10.9 Å². The Balaban J connectivity index is 1.34. The lowest BCUT2D eigenvalue weighted by Gasteiger charge is -2.22. The van der Waals surface area contributed by atoms with Gasteiger partial charge in [-0.15, -0.1) is 0 Å². The van der Waals surface area contributed by atoms with E-state index in [1.807, 2.05) is 29.2 Å². The number of hydrogen-bond donors (Lipinski definition) is 0. The molecule has 5 nitrogen and oxygen atoms in total. The van der Waals surface area contributed by atoms with Crippen molar-refractivity contribution in [3.63, 3.8) is 0 Å². The molecule has 6 heteroatoms. The number of pyridine rings is 1. The van der Waals surface area contributed by atoms with E-state index in [0.29, 0.717) is 12.3 Å². The molecular formula is C23H23N3O2S. The first-order valence-corrected chi connectivity index (χ1v) is 10.9. The second-order valence-corrected chi connectivity index (χ2v) is 8.86. The van der Waals surface area contributed by atoms with Crippen molar-refractivity contribution < 1.29 is 9.53 Å². The zero-order valence-corrected chi connectivity index (χ0v) is 17.2. The largest absolute Gasteiger partial charge is 0.381 e. The van der Waals surface area contributed by atoms with Gasteiger partial charge in [-0.05, 0) is 53.6 Å². The van der Waals surface area contributed by atoms with Gasteiger partial charge in [0.05, 0.1) is 5.69 Å². The number of aromatic nitrogens is 3. The molecule has 0 saturated carbocycles. The SMILES string of the molecule is CC(c1ccc2c(c1)SC(=O)C2)c1ccn(-c2ccc(C3CCOCC3)cn2)n1. The minimum atomic E-state index is 0.152. The van der Waals surface area contributed by atoms with Crippen LogP contribution in [0.15, 0.2) is 53.7 Å². The molecule has 4 heterocycles. The zero-order valence-electron chi connectivity index (χ0n) is 16.4. The predicted octanol–water partition coefficient (Wildman–Crippen LogP) is 4.49. The number of ether oxygens (including phenoxy) is 1. The number of carbonyl (C=O) groups is 1. The molecule has 5 rings (SSSR count). The second-order valence-electron chi connectivity index (χ2n) is 7.76. The van der Waals surface area contributed by atoms with E-state index in [1.54, 1.807) is 0 Å². The Hall–Kier alpha value is -2.44. The monoisotopic (exact) mass is 405 g/mol. The third-order valence-electron chi connectivity index (χ3n) is 5.90. The van der Waals surface area contributed by atoms with Crippen LogP contribution in [0.2, 0.25) is 0 Å². The molecule has 1 atom stereocenters. The molecule has 1 aromatic carbocycles. The van der Waals surface area contributed by atoms with Crippen LogP contribution in [-0.4, -0.2) is 33.1 Å². The van der Waals surface area contributed by atoms with E-state index in [1.165, 1.54) is 22.9 Å². The van der Waals surface area contributed by atoms with Gasteiger partial charge in [-0.2, -0.15) is 5.10 Å². The summed E-state index contributed by atoms with van der Waals surface area (Å²) in [6.07, 6.45) is 6.61. The molecule has 2 aliphatic heterocycles. The van der Waals surface area contributed by atoms with Gasteiger partial charge < -0.3 is 4.74 Å². The van der Waals surface area contributed by atoms with Gasteiger partial charge in [0.25, 0.3) is 0 Å². The second kappa shape index (κ2) is 7.76. The lowest BCUT2D eigenvalue weighted by Crippen LogP contribution is -2.14. The van der Waals surface area contributed by atoms with Gasteiger partial charge in [0.1, 0.15) is 0 Å². The fraction of sp³-hybridized carbons (Fsp3) is 0.348. The number of carbonyl (C=O) groups excluding carboxylic acids is 1. The highest BCUT2D eigenvalue weighted by Gasteiger charge is 2.22. The van der Waals surface area contributed by atoms with Crippen LogP contribution >= 0.6 is 11.8 Å². The molecule has 29 heavy (non-hydrogen) atoms. The van der Waals surface area contributed by atoms with Crippen LogP contribution in [0.5, 0.6) is 0 Å². The molecule has 1 fully saturated rings. The maximum absolute atomic E-state index is 11.7. The maximum Gasteiger partial charge on any atom is 0.198 e. The Kier molecular flexibility index (Phi) is 4.97. The smallest absolute Gasteiger partial charge is 0.198 e. The van der Waals surface area contributed by atoms with Crippen LogP contribution in [0.25, 0.3) is 5.82 Å². The average Bonchev–Trinajstić information content (AvgIpc) is 3.39. The summed E-state index contributed by atoms with van der Waals surface area (Å²) < 4.78 is 7.29. The summed E-state index contributed by atoms with van der Waals surface area (Å²) in [5, 5.41) is 4.99. The highest BCUT2D eigenvalue weighted by molar-refractivity contribution is 8.14. The molecule has 0 radical (unpaired) electrons. The fourth-order valence-electron chi connectivity index (χ4n) is 4.07. The minimum Gasteiger partial charge on any atom is -0.381 e. The number of thioether (sulfide) groups is 1. The van der Waals surface area contributed by atoms with Gasteiger partial charge in [0.2, 0.25) is 0 Å². The molecule has 2 aromatic heterocycles. The van der Waals surface area contributed by atoms with E-state index in [4.69, 9.17) is 9.84 Å². The number of rotatable bonds is 4. The van der Waals surface area contributed by atoms with Crippen molar-refractivity contribution in [3.05, 3.63) is 71.2 Å². The van der Waals surface area contributed by atoms with Crippen molar-refractivity contribution in [2.45, 2.75) is 42.9 Å². The van der Waals surface area contributed by atoms with Gasteiger partial charge in [-0.25, -0.2) is 9.67 Å². The van der Waals surface area contributed by atoms with E-state index >= 15 is 0 Å². The summed E-state index contributed by atoms with van der Waals surface area (Å²) in [6, 6.07) is 12.6. The first kappa shape index (κ1) is 18.6. The van der Waals surface area contributed by atoms with E-state index < -0.39 is 0 Å². The van der Waals surface area contributed by atoms with Gasteiger partial charge in [-0.1, -0.05) is 36.9 Å². The van der Waals surface area contributed by atoms with Gasteiger partial charge >= 0.3 is 0 Å². The molecule has 2 aliphatic rings. The number of fused-ring (bicyclic) bond motifs is 1. The summed E-state index contributed by atoms with van der Waals surface area (Å²) in [4.78, 5) is 17.4. The van der Waals surface area contributed by atoms with Crippen LogP contribution in [0.1, 0.15) is 54.0 Å². The van der Waals surface area contributed by atoms with Gasteiger partial charge in [0, 0.05) is 42.8 Å². The predicted molar refractivity (Wildman–Crippen MR) is 113 cm³/mol. The first-order valence-electron chi connectivity index (χ1n) is 10.1. The van der Waals surface area contributed by atoms with Crippen LogP contribution < -0.4 is 0 Å². The number of benzene rings is 1. The third kappa shape index (κ3) is 3.74. The number of hydrogen-bond acceptors (Lipinski definition) is 5. The highest BCUT2D eigenvalue weighted by atomic mass is 32.2. The summed E-state index contributed by atoms with van der Waals surface area (Å²) in [5.41, 5.74) is 4.59. The normalized spacial score (nSPS) is 18.0. The quantitative estimate of drug-likeness (QED) is 0.640. The first-order chi connectivity index (χ1) is 14.2. The van der Waals surface area contributed by atoms with Crippen LogP contribution in [-0.2, 0) is 16.0 Å². The van der Waals surface area contributed by atoms with E-state index in [-0.39, 0.29) is 11.0 Å². The zero-order chi connectivity index (χ0) is 19.8. The molecule has 0 N–H and O–H groups in total. The summed E-state index contributed by atoms with van der Waals surface area (Å²) in [7, 11) is 0. The number of nitrogens with zero attached hydrogens (tertiary/aromatic N) is 3. The summed E-state index contributed by atoms with van der Waals surface area (Å²) in [5.74, 6) is 1.52. The topological polar surface area (TPSA) is 57.0 Å². The molecule has 1 unspecified atom stereocenters. The van der Waals surface area contributed by atoms with Crippen molar-refractivity contribution in [2.75, 3.05) is 13.2 Å². The van der Waals surface area contributed by atoms with Crippen molar-refractivity contribution in [3.8, 4) is 5.82 Å². The molecule has 1 saturated heterocycles. The molecule has 0 spiro atoms. The summed E-state index contributed by atoms with van der Waals surface area (Å²) >= 11 is 1.35. The third-order valence-corrected chi connectivity index (χ3v) is 6.87. The lowest BCUT2D eigenvalue weighted by molar-refractivity contribution is -0.110. The Bertz CT molecular complexity index is 1040. The lowest BCUT2D eigenvalue weighted by atomic mass is 9.93. The molecule has 3 aromatic rings. The van der Waals surface area contributed by atoms with Crippen LogP contribution in [0.3, 0.4) is 0 Å². The Morgan fingerprint density at radius 3 is 2.83 bits per heavy atom. The van der Waals surface area contributed by atoms with Crippen LogP contribution in [0.4, 0.5) is 0 Å². The molecule has 0 amide bonds. The minimum absolute atomic E-state index is 0.152.